The van der Waals surface area contributed by atoms with Crippen molar-refractivity contribution >= 4 is 27.9 Å². The average molecular weight is 377 g/mol. The highest BCUT2D eigenvalue weighted by molar-refractivity contribution is 9.10. The van der Waals surface area contributed by atoms with Gasteiger partial charge in [0.1, 0.15) is 11.4 Å². The van der Waals surface area contributed by atoms with Crippen LogP contribution in [0.3, 0.4) is 0 Å². The summed E-state index contributed by atoms with van der Waals surface area (Å²) in [5.74, 6) is -0.755. The van der Waals surface area contributed by atoms with Crippen molar-refractivity contribution in [3.8, 4) is 0 Å². The van der Waals surface area contributed by atoms with E-state index >= 15 is 0 Å². The van der Waals surface area contributed by atoms with Gasteiger partial charge in [0.2, 0.25) is 0 Å². The topological polar surface area (TPSA) is 49.4 Å². The molecule has 1 N–H and O–H groups in total. The molecule has 1 unspecified atom stereocenters. The zero-order chi connectivity index (χ0) is 16.6. The van der Waals surface area contributed by atoms with Gasteiger partial charge in [-0.3, -0.25) is 9.69 Å². The molecule has 1 atom stereocenters. The Morgan fingerprint density at radius 1 is 1.17 bits per heavy atom. The zero-order valence-corrected chi connectivity index (χ0v) is 13.9. The van der Waals surface area contributed by atoms with Crippen molar-refractivity contribution in [2.75, 3.05) is 0 Å². The Hall–Kier alpha value is -2.21. The normalized spacial score (nSPS) is 20.7. The van der Waals surface area contributed by atoms with Gasteiger partial charge in [0.15, 0.2) is 0 Å². The molecule has 1 saturated heterocycles. The fourth-order valence-corrected chi connectivity index (χ4v) is 3.05. The summed E-state index contributed by atoms with van der Waals surface area (Å²) in [6, 6.07) is 12.6. The van der Waals surface area contributed by atoms with E-state index in [1.165, 1.54) is 12.1 Å². The van der Waals surface area contributed by atoms with E-state index in [1.54, 1.807) is 37.3 Å². The third kappa shape index (κ3) is 2.86. The summed E-state index contributed by atoms with van der Waals surface area (Å²) in [6.45, 7) is 1.70. The molecule has 0 radical (unpaired) electrons. The maximum absolute atomic E-state index is 13.3. The van der Waals surface area contributed by atoms with Crippen molar-refractivity contribution in [1.82, 2.24) is 10.2 Å². The molecule has 23 heavy (non-hydrogen) atoms. The minimum atomic E-state index is -1.13. The number of carbonyl (C=O) groups excluding carboxylic acids is 2. The highest BCUT2D eigenvalue weighted by atomic mass is 79.9. The van der Waals surface area contributed by atoms with Gasteiger partial charge in [-0.2, -0.15) is 0 Å². The number of rotatable bonds is 3. The van der Waals surface area contributed by atoms with Gasteiger partial charge in [0, 0.05) is 4.47 Å². The van der Waals surface area contributed by atoms with E-state index in [2.05, 4.69) is 21.2 Å². The van der Waals surface area contributed by atoms with Crippen LogP contribution < -0.4 is 5.32 Å². The van der Waals surface area contributed by atoms with Gasteiger partial charge in [-0.25, -0.2) is 9.18 Å². The molecule has 3 rings (SSSR count). The second-order valence-electron chi connectivity index (χ2n) is 5.59. The molecule has 1 fully saturated rings. The predicted molar refractivity (Wildman–Crippen MR) is 87.0 cm³/mol. The lowest BCUT2D eigenvalue weighted by atomic mass is 9.92. The Morgan fingerprint density at radius 3 is 2.61 bits per heavy atom. The van der Waals surface area contributed by atoms with Crippen LogP contribution in [-0.4, -0.2) is 16.8 Å². The van der Waals surface area contributed by atoms with Gasteiger partial charge < -0.3 is 5.32 Å². The molecule has 3 amide bonds. The smallest absolute Gasteiger partial charge is 0.319 e. The van der Waals surface area contributed by atoms with Crippen LogP contribution in [0, 0.1) is 5.82 Å². The first-order chi connectivity index (χ1) is 10.9. The van der Waals surface area contributed by atoms with E-state index in [4.69, 9.17) is 0 Å². The fourth-order valence-electron chi connectivity index (χ4n) is 2.65. The molecular weight excluding hydrogens is 363 g/mol. The van der Waals surface area contributed by atoms with Crippen molar-refractivity contribution in [2.45, 2.75) is 19.0 Å². The first-order valence-electron chi connectivity index (χ1n) is 7.05. The largest absolute Gasteiger partial charge is 0.325 e. The number of amides is 3. The highest BCUT2D eigenvalue weighted by Crippen LogP contribution is 2.31. The Bertz CT molecular complexity index is 796. The molecule has 0 spiro atoms. The molecule has 0 aliphatic carbocycles. The second-order valence-corrected chi connectivity index (χ2v) is 6.50. The lowest BCUT2D eigenvalue weighted by Gasteiger charge is -2.22. The SMILES string of the molecule is CC1(c2cccc(Br)c2)NC(=O)N(Cc2cccc(F)c2)C1=O. The Balaban J connectivity index is 1.90. The second kappa shape index (κ2) is 5.77. The molecule has 118 valence electrons. The summed E-state index contributed by atoms with van der Waals surface area (Å²) in [5, 5.41) is 2.73. The van der Waals surface area contributed by atoms with Gasteiger partial charge >= 0.3 is 6.03 Å². The number of urea groups is 1. The van der Waals surface area contributed by atoms with Crippen LogP contribution in [-0.2, 0) is 16.9 Å². The number of halogens is 2. The van der Waals surface area contributed by atoms with Crippen molar-refractivity contribution in [3.05, 3.63) is 69.9 Å². The van der Waals surface area contributed by atoms with Gasteiger partial charge in [-0.1, -0.05) is 40.2 Å². The van der Waals surface area contributed by atoms with E-state index in [-0.39, 0.29) is 12.5 Å². The monoisotopic (exact) mass is 376 g/mol. The van der Waals surface area contributed by atoms with Crippen molar-refractivity contribution < 1.29 is 14.0 Å². The molecule has 2 aromatic rings. The van der Waals surface area contributed by atoms with E-state index < -0.39 is 17.4 Å². The Morgan fingerprint density at radius 2 is 1.91 bits per heavy atom. The maximum Gasteiger partial charge on any atom is 0.325 e. The number of carbonyl (C=O) groups is 2. The number of imide groups is 1. The van der Waals surface area contributed by atoms with Crippen LogP contribution in [0.5, 0.6) is 0 Å². The summed E-state index contributed by atoms with van der Waals surface area (Å²) in [5.41, 5.74) is 0.118. The quantitative estimate of drug-likeness (QED) is 0.832. The molecule has 0 bridgehead atoms. The fraction of sp³-hybridized carbons (Fsp3) is 0.176. The molecule has 4 nitrogen and oxygen atoms in total. The number of hydrogen-bond donors (Lipinski definition) is 1. The van der Waals surface area contributed by atoms with Crippen LogP contribution in [0.25, 0.3) is 0 Å². The summed E-state index contributed by atoms with van der Waals surface area (Å²) in [4.78, 5) is 26.1. The van der Waals surface area contributed by atoms with E-state index in [0.717, 1.165) is 9.37 Å². The highest BCUT2D eigenvalue weighted by Gasteiger charge is 2.48. The number of hydrogen-bond acceptors (Lipinski definition) is 2. The van der Waals surface area contributed by atoms with Gasteiger partial charge in [-0.15, -0.1) is 0 Å². The van der Waals surface area contributed by atoms with Crippen LogP contribution in [0.1, 0.15) is 18.1 Å². The number of benzene rings is 2. The van der Waals surface area contributed by atoms with Crippen LogP contribution in [0.15, 0.2) is 53.0 Å². The van der Waals surface area contributed by atoms with Crippen molar-refractivity contribution in [3.63, 3.8) is 0 Å². The minimum Gasteiger partial charge on any atom is -0.319 e. The van der Waals surface area contributed by atoms with E-state index in [9.17, 15) is 14.0 Å². The molecule has 1 aliphatic heterocycles. The van der Waals surface area contributed by atoms with Gasteiger partial charge in [-0.05, 0) is 42.3 Å². The van der Waals surface area contributed by atoms with Gasteiger partial charge in [0.05, 0.1) is 6.54 Å². The van der Waals surface area contributed by atoms with Gasteiger partial charge in [0.25, 0.3) is 5.91 Å². The minimum absolute atomic E-state index is 0.0337. The van der Waals surface area contributed by atoms with Crippen molar-refractivity contribution in [1.29, 1.82) is 0 Å². The standard InChI is InChI=1S/C17H14BrFN2O2/c1-17(12-5-3-6-13(18)9-12)15(22)21(16(23)20-17)10-11-4-2-7-14(19)8-11/h2-9H,10H2,1H3,(H,20,23). The molecule has 0 saturated carbocycles. The third-order valence-electron chi connectivity index (χ3n) is 3.91. The first-order valence-corrected chi connectivity index (χ1v) is 7.84. The molecule has 1 aliphatic rings. The average Bonchev–Trinajstić information content (AvgIpc) is 2.72. The molecular formula is C17H14BrFN2O2. The van der Waals surface area contributed by atoms with Crippen LogP contribution in [0.2, 0.25) is 0 Å². The summed E-state index contributed by atoms with van der Waals surface area (Å²) in [7, 11) is 0. The predicted octanol–water partition coefficient (Wildman–Crippen LogP) is 3.56. The molecule has 1 heterocycles. The lowest BCUT2D eigenvalue weighted by molar-refractivity contribution is -0.131. The summed E-state index contributed by atoms with van der Waals surface area (Å²) in [6.07, 6.45) is 0. The van der Waals surface area contributed by atoms with Crippen LogP contribution >= 0.6 is 15.9 Å². The number of nitrogens with one attached hydrogen (secondary N) is 1. The summed E-state index contributed by atoms with van der Waals surface area (Å²) >= 11 is 3.37. The molecule has 2 aromatic carbocycles. The molecule has 6 heteroatoms. The van der Waals surface area contributed by atoms with E-state index in [1.807, 2.05) is 6.07 Å². The van der Waals surface area contributed by atoms with Crippen LogP contribution in [0.4, 0.5) is 9.18 Å². The van der Waals surface area contributed by atoms with Crippen molar-refractivity contribution in [2.24, 2.45) is 0 Å². The first kappa shape index (κ1) is 15.7. The molecule has 0 aromatic heterocycles. The Kier molecular flexibility index (Phi) is 3.93. The zero-order valence-electron chi connectivity index (χ0n) is 12.3. The lowest BCUT2D eigenvalue weighted by Crippen LogP contribution is -2.40. The Labute approximate surface area is 141 Å². The number of nitrogens with zero attached hydrogens (tertiary/aromatic N) is 1. The summed E-state index contributed by atoms with van der Waals surface area (Å²) < 4.78 is 14.1. The van der Waals surface area contributed by atoms with E-state index in [0.29, 0.717) is 11.1 Å². The third-order valence-corrected chi connectivity index (χ3v) is 4.40. The maximum atomic E-state index is 13.3.